The zero-order valence-corrected chi connectivity index (χ0v) is 9.96. The molecule has 0 rings (SSSR count). The van der Waals surface area contributed by atoms with E-state index in [9.17, 15) is 0 Å². The lowest BCUT2D eigenvalue weighted by Crippen LogP contribution is -2.42. The second-order valence-corrected chi connectivity index (χ2v) is 5.69. The van der Waals surface area contributed by atoms with E-state index in [1.165, 1.54) is 0 Å². The maximum Gasteiger partial charge on any atom is 0.500 e. The van der Waals surface area contributed by atoms with Crippen LogP contribution in [0.1, 0.15) is 13.3 Å². The fraction of sp³-hybridized carbons (Fsp3) is 1.00. The monoisotopic (exact) mass is 208 g/mol. The zero-order chi connectivity index (χ0) is 10.2. The van der Waals surface area contributed by atoms with Crippen LogP contribution in [0.15, 0.2) is 0 Å². The third-order valence-electron chi connectivity index (χ3n) is 1.91. The van der Waals surface area contributed by atoms with Crippen molar-refractivity contribution in [1.29, 1.82) is 0 Å². The molecule has 0 N–H and O–H groups in total. The SMILES string of the molecule is CCOCCC[Si](OC)(OC)OC. The molecule has 0 spiro atoms. The van der Waals surface area contributed by atoms with Gasteiger partial charge in [-0.2, -0.15) is 0 Å². The molecule has 0 heterocycles. The molecule has 0 radical (unpaired) electrons. The average Bonchev–Trinajstić information content (AvgIpc) is 2.20. The first kappa shape index (κ1) is 13.1. The van der Waals surface area contributed by atoms with Gasteiger partial charge in [-0.25, -0.2) is 0 Å². The number of rotatable bonds is 8. The molecule has 0 aliphatic heterocycles. The van der Waals surface area contributed by atoms with Gasteiger partial charge >= 0.3 is 8.80 Å². The van der Waals surface area contributed by atoms with Crippen molar-refractivity contribution >= 4 is 8.80 Å². The van der Waals surface area contributed by atoms with Crippen molar-refractivity contribution in [2.24, 2.45) is 0 Å². The van der Waals surface area contributed by atoms with Crippen LogP contribution in [0, 0.1) is 0 Å². The van der Waals surface area contributed by atoms with Crippen molar-refractivity contribution in [3.8, 4) is 0 Å². The van der Waals surface area contributed by atoms with E-state index in [1.54, 1.807) is 21.3 Å². The molecule has 5 heteroatoms. The summed E-state index contributed by atoms with van der Waals surface area (Å²) in [6.45, 7) is 3.47. The fourth-order valence-corrected chi connectivity index (χ4v) is 2.78. The van der Waals surface area contributed by atoms with Gasteiger partial charge in [0.2, 0.25) is 0 Å². The summed E-state index contributed by atoms with van der Waals surface area (Å²) in [5.41, 5.74) is 0. The number of hydrogen-bond donors (Lipinski definition) is 0. The standard InChI is InChI=1S/C8H20O4Si/c1-5-12-7-6-8-13(9-2,10-3)11-4/h5-8H2,1-4H3. The second kappa shape index (κ2) is 7.46. The molecule has 0 saturated heterocycles. The number of ether oxygens (including phenoxy) is 1. The topological polar surface area (TPSA) is 36.9 Å². The zero-order valence-electron chi connectivity index (χ0n) is 8.96. The molecule has 0 saturated carbocycles. The smallest absolute Gasteiger partial charge is 0.382 e. The second-order valence-electron chi connectivity index (χ2n) is 2.60. The Morgan fingerprint density at radius 2 is 1.54 bits per heavy atom. The van der Waals surface area contributed by atoms with Crippen molar-refractivity contribution in [2.75, 3.05) is 34.5 Å². The van der Waals surface area contributed by atoms with Gasteiger partial charge < -0.3 is 18.0 Å². The Bertz CT molecular complexity index is 108. The van der Waals surface area contributed by atoms with Gasteiger partial charge in [0.25, 0.3) is 0 Å². The predicted molar refractivity (Wildman–Crippen MR) is 52.7 cm³/mol. The van der Waals surface area contributed by atoms with Gasteiger partial charge in [-0.05, 0) is 13.3 Å². The minimum atomic E-state index is -2.35. The van der Waals surface area contributed by atoms with E-state index in [-0.39, 0.29) is 0 Å². The average molecular weight is 208 g/mol. The third kappa shape index (κ3) is 4.73. The summed E-state index contributed by atoms with van der Waals surface area (Å²) >= 11 is 0. The van der Waals surface area contributed by atoms with E-state index in [0.29, 0.717) is 0 Å². The highest BCUT2D eigenvalue weighted by atomic mass is 28.4. The van der Waals surface area contributed by atoms with Gasteiger partial charge in [-0.15, -0.1) is 0 Å². The summed E-state index contributed by atoms with van der Waals surface area (Å²) in [6, 6.07) is 0.802. The minimum Gasteiger partial charge on any atom is -0.382 e. The van der Waals surface area contributed by atoms with Crippen LogP contribution in [0.3, 0.4) is 0 Å². The first-order valence-corrected chi connectivity index (χ1v) is 6.41. The fourth-order valence-electron chi connectivity index (χ4n) is 1.09. The molecular weight excluding hydrogens is 188 g/mol. The molecule has 0 amide bonds. The largest absolute Gasteiger partial charge is 0.500 e. The van der Waals surface area contributed by atoms with Crippen LogP contribution in [-0.2, 0) is 18.0 Å². The molecule has 0 aliphatic rings. The molecular formula is C8H20O4Si. The molecule has 0 aromatic rings. The van der Waals surface area contributed by atoms with E-state index in [4.69, 9.17) is 18.0 Å². The predicted octanol–water partition coefficient (Wildman–Crippen LogP) is 1.29. The van der Waals surface area contributed by atoms with E-state index in [2.05, 4.69) is 0 Å². The summed E-state index contributed by atoms with van der Waals surface area (Å²) in [5.74, 6) is 0. The molecule has 0 atom stereocenters. The summed E-state index contributed by atoms with van der Waals surface area (Å²) < 4.78 is 21.0. The molecule has 0 aromatic carbocycles. The normalized spacial score (nSPS) is 12.0. The van der Waals surface area contributed by atoms with Gasteiger partial charge in [0.05, 0.1) is 0 Å². The summed E-state index contributed by atoms with van der Waals surface area (Å²) in [6.07, 6.45) is 0.912. The summed E-state index contributed by atoms with van der Waals surface area (Å²) in [5, 5.41) is 0. The lowest BCUT2D eigenvalue weighted by molar-refractivity contribution is 0.111. The Morgan fingerprint density at radius 3 is 1.92 bits per heavy atom. The van der Waals surface area contributed by atoms with Gasteiger partial charge in [0, 0.05) is 40.6 Å². The van der Waals surface area contributed by atoms with Crippen LogP contribution in [0.2, 0.25) is 6.04 Å². The quantitative estimate of drug-likeness (QED) is 0.445. The van der Waals surface area contributed by atoms with E-state index in [1.807, 2.05) is 6.92 Å². The van der Waals surface area contributed by atoms with Gasteiger partial charge in [0.15, 0.2) is 0 Å². The van der Waals surface area contributed by atoms with Crippen molar-refractivity contribution in [2.45, 2.75) is 19.4 Å². The van der Waals surface area contributed by atoms with Crippen LogP contribution in [0.5, 0.6) is 0 Å². The van der Waals surface area contributed by atoms with E-state index >= 15 is 0 Å². The van der Waals surface area contributed by atoms with E-state index < -0.39 is 8.80 Å². The van der Waals surface area contributed by atoms with Crippen molar-refractivity contribution in [3.63, 3.8) is 0 Å². The molecule has 80 valence electrons. The highest BCUT2D eigenvalue weighted by Crippen LogP contribution is 2.14. The molecule has 0 fully saturated rings. The molecule has 13 heavy (non-hydrogen) atoms. The highest BCUT2D eigenvalue weighted by molar-refractivity contribution is 6.60. The minimum absolute atomic E-state index is 0.737. The Morgan fingerprint density at radius 1 is 1.00 bits per heavy atom. The van der Waals surface area contributed by atoms with Crippen molar-refractivity contribution in [3.05, 3.63) is 0 Å². The lowest BCUT2D eigenvalue weighted by Gasteiger charge is -2.24. The summed E-state index contributed by atoms with van der Waals surface area (Å²) in [7, 11) is 2.53. The van der Waals surface area contributed by atoms with Gasteiger partial charge in [-0.3, -0.25) is 0 Å². The molecule has 0 aliphatic carbocycles. The first-order chi connectivity index (χ1) is 6.24. The molecule has 4 nitrogen and oxygen atoms in total. The van der Waals surface area contributed by atoms with Gasteiger partial charge in [0.1, 0.15) is 0 Å². The first-order valence-electron chi connectivity index (χ1n) is 4.48. The Labute approximate surface area is 81.5 Å². The Balaban J connectivity index is 3.68. The number of hydrogen-bond acceptors (Lipinski definition) is 4. The van der Waals surface area contributed by atoms with Crippen LogP contribution >= 0.6 is 0 Å². The van der Waals surface area contributed by atoms with Gasteiger partial charge in [-0.1, -0.05) is 0 Å². The Hall–Kier alpha value is 0.0569. The van der Waals surface area contributed by atoms with Crippen LogP contribution in [0.4, 0.5) is 0 Å². The maximum atomic E-state index is 5.26. The van der Waals surface area contributed by atoms with E-state index in [0.717, 1.165) is 25.7 Å². The highest BCUT2D eigenvalue weighted by Gasteiger charge is 2.36. The third-order valence-corrected chi connectivity index (χ3v) is 4.74. The van der Waals surface area contributed by atoms with Crippen LogP contribution in [0.25, 0.3) is 0 Å². The lowest BCUT2D eigenvalue weighted by atomic mass is 10.5. The molecule has 0 aromatic heterocycles. The maximum absolute atomic E-state index is 5.26. The van der Waals surface area contributed by atoms with Crippen molar-refractivity contribution in [1.82, 2.24) is 0 Å². The Kier molecular flexibility index (Phi) is 7.49. The molecule has 0 unspecified atom stereocenters. The van der Waals surface area contributed by atoms with Crippen LogP contribution in [-0.4, -0.2) is 43.3 Å². The van der Waals surface area contributed by atoms with Crippen molar-refractivity contribution < 1.29 is 18.0 Å². The van der Waals surface area contributed by atoms with Crippen LogP contribution < -0.4 is 0 Å². The molecule has 0 bridgehead atoms. The summed E-state index contributed by atoms with van der Waals surface area (Å²) in [4.78, 5) is 0.